The minimum absolute atomic E-state index is 0.108. The molecule has 0 spiro atoms. The van der Waals surface area contributed by atoms with Gasteiger partial charge in [-0.05, 0) is 49.8 Å². The molecule has 0 heterocycles. The topological polar surface area (TPSA) is 29.1 Å². The number of nitrogens with one attached hydrogen (secondary N) is 1. The van der Waals surface area contributed by atoms with Gasteiger partial charge in [-0.15, -0.1) is 11.6 Å². The zero-order valence-corrected chi connectivity index (χ0v) is 14.5. The highest BCUT2D eigenvalue weighted by Crippen LogP contribution is 2.33. The molecule has 0 unspecified atom stereocenters. The van der Waals surface area contributed by atoms with Crippen LogP contribution in [0.4, 0.5) is 0 Å². The van der Waals surface area contributed by atoms with Gasteiger partial charge >= 0.3 is 0 Å². The van der Waals surface area contributed by atoms with Crippen LogP contribution in [0.3, 0.4) is 0 Å². The van der Waals surface area contributed by atoms with Crippen LogP contribution in [0.15, 0.2) is 22.7 Å². The van der Waals surface area contributed by atoms with E-state index in [4.69, 9.17) is 23.2 Å². The number of carbonyl (C=O) groups excluding carboxylic acids is 1. The van der Waals surface area contributed by atoms with Crippen molar-refractivity contribution in [3.8, 4) is 0 Å². The molecule has 1 saturated carbocycles. The van der Waals surface area contributed by atoms with Crippen molar-refractivity contribution in [1.29, 1.82) is 0 Å². The third-order valence-corrected chi connectivity index (χ3v) is 5.18. The molecule has 0 aliphatic heterocycles. The van der Waals surface area contributed by atoms with E-state index >= 15 is 0 Å². The van der Waals surface area contributed by atoms with E-state index < -0.39 is 0 Å². The smallest absolute Gasteiger partial charge is 0.251 e. The lowest BCUT2D eigenvalue weighted by Gasteiger charge is -2.38. The van der Waals surface area contributed by atoms with Gasteiger partial charge in [-0.1, -0.05) is 34.5 Å². The van der Waals surface area contributed by atoms with Gasteiger partial charge in [-0.3, -0.25) is 4.79 Å². The van der Waals surface area contributed by atoms with Crippen LogP contribution in [0.1, 0.15) is 43.0 Å². The van der Waals surface area contributed by atoms with Crippen LogP contribution in [0.25, 0.3) is 0 Å². The van der Waals surface area contributed by atoms with E-state index in [9.17, 15) is 4.79 Å². The molecule has 1 fully saturated rings. The Balaban J connectivity index is 2.13. The van der Waals surface area contributed by atoms with Crippen molar-refractivity contribution in [2.24, 2.45) is 5.92 Å². The first kappa shape index (κ1) is 16.1. The monoisotopic (exact) mass is 377 g/mol. The average Bonchev–Trinajstić information content (AvgIpc) is 2.40. The second kappa shape index (κ2) is 6.67. The van der Waals surface area contributed by atoms with E-state index in [1.165, 1.54) is 0 Å². The van der Waals surface area contributed by atoms with Crippen molar-refractivity contribution in [2.75, 3.05) is 5.88 Å². The molecular weight excluding hydrogens is 361 g/mol. The number of carbonyl (C=O) groups is 1. The fourth-order valence-electron chi connectivity index (χ4n) is 2.60. The molecule has 0 atom stereocenters. The maximum atomic E-state index is 12.4. The summed E-state index contributed by atoms with van der Waals surface area (Å²) in [6, 6.07) is 5.21. The Labute approximate surface area is 138 Å². The van der Waals surface area contributed by atoms with Crippen LogP contribution < -0.4 is 5.32 Å². The molecule has 0 bridgehead atoms. The Hall–Kier alpha value is -0.250. The summed E-state index contributed by atoms with van der Waals surface area (Å²) in [6.45, 7) is 2.24. The van der Waals surface area contributed by atoms with E-state index in [0.29, 0.717) is 22.4 Å². The average molecular weight is 379 g/mol. The van der Waals surface area contributed by atoms with Crippen molar-refractivity contribution in [3.63, 3.8) is 0 Å². The summed E-state index contributed by atoms with van der Waals surface area (Å²) in [4.78, 5) is 12.4. The number of hydrogen-bond acceptors (Lipinski definition) is 1. The molecule has 110 valence electrons. The number of benzene rings is 1. The lowest BCUT2D eigenvalue weighted by atomic mass is 9.78. The van der Waals surface area contributed by atoms with Gasteiger partial charge in [0, 0.05) is 20.9 Å². The van der Waals surface area contributed by atoms with Crippen molar-refractivity contribution >= 4 is 45.0 Å². The molecule has 2 nitrogen and oxygen atoms in total. The van der Waals surface area contributed by atoms with E-state index in [0.717, 1.165) is 30.2 Å². The summed E-state index contributed by atoms with van der Waals surface area (Å²) in [7, 11) is 0. The second-order valence-corrected chi connectivity index (χ2v) is 7.33. The summed E-state index contributed by atoms with van der Waals surface area (Å²) >= 11 is 15.5. The highest BCUT2D eigenvalue weighted by molar-refractivity contribution is 9.10. The third-order valence-electron chi connectivity index (χ3n) is 3.99. The molecule has 0 aromatic heterocycles. The lowest BCUT2D eigenvalue weighted by molar-refractivity contribution is 0.0872. The molecule has 1 N–H and O–H groups in total. The molecule has 5 heteroatoms. The second-order valence-electron chi connectivity index (χ2n) is 5.71. The van der Waals surface area contributed by atoms with E-state index in [2.05, 4.69) is 28.2 Å². The molecule has 20 heavy (non-hydrogen) atoms. The predicted octanol–water partition coefficient (Wildman–Crippen LogP) is 5.02. The Morgan fingerprint density at radius 2 is 2.05 bits per heavy atom. The van der Waals surface area contributed by atoms with Crippen LogP contribution in [0.2, 0.25) is 5.02 Å². The van der Waals surface area contributed by atoms with Gasteiger partial charge in [0.2, 0.25) is 0 Å². The maximum Gasteiger partial charge on any atom is 0.251 e. The van der Waals surface area contributed by atoms with Gasteiger partial charge in [0.05, 0.1) is 5.54 Å². The van der Waals surface area contributed by atoms with Crippen molar-refractivity contribution in [3.05, 3.63) is 33.3 Å². The third kappa shape index (κ3) is 3.90. The Bertz CT molecular complexity index is 478. The molecule has 1 aromatic rings. The molecule has 0 saturated heterocycles. The Morgan fingerprint density at radius 3 is 2.60 bits per heavy atom. The van der Waals surface area contributed by atoms with Crippen LogP contribution in [-0.2, 0) is 0 Å². The quantitative estimate of drug-likeness (QED) is 0.735. The number of rotatable bonds is 3. The Kier molecular flexibility index (Phi) is 5.38. The molecule has 1 aliphatic rings. The van der Waals surface area contributed by atoms with E-state index in [-0.39, 0.29) is 11.4 Å². The Morgan fingerprint density at radius 1 is 1.40 bits per heavy atom. The molecule has 0 radical (unpaired) electrons. The zero-order chi connectivity index (χ0) is 14.8. The molecule has 1 amide bonds. The van der Waals surface area contributed by atoms with Crippen molar-refractivity contribution in [2.45, 2.75) is 38.1 Å². The van der Waals surface area contributed by atoms with Gasteiger partial charge in [-0.2, -0.15) is 0 Å². The molecule has 2 rings (SSSR count). The molecule has 1 aromatic carbocycles. The van der Waals surface area contributed by atoms with E-state index in [1.807, 2.05) is 0 Å². The lowest BCUT2D eigenvalue weighted by Crippen LogP contribution is -2.52. The zero-order valence-electron chi connectivity index (χ0n) is 11.4. The highest BCUT2D eigenvalue weighted by atomic mass is 79.9. The fourth-order valence-corrected chi connectivity index (χ4v) is 3.80. The van der Waals surface area contributed by atoms with Gasteiger partial charge in [0.1, 0.15) is 0 Å². The SMILES string of the molecule is CC1CCC(CCl)(NC(=O)c2cc(Cl)cc(Br)c2)CC1. The van der Waals surface area contributed by atoms with Crippen molar-refractivity contribution < 1.29 is 4.79 Å². The fraction of sp³-hybridized carbons (Fsp3) is 0.533. The minimum Gasteiger partial charge on any atom is -0.345 e. The summed E-state index contributed by atoms with van der Waals surface area (Å²) < 4.78 is 0.798. The van der Waals surface area contributed by atoms with Gasteiger partial charge in [0.15, 0.2) is 0 Å². The summed E-state index contributed by atoms with van der Waals surface area (Å²) in [5.74, 6) is 1.06. The summed E-state index contributed by atoms with van der Waals surface area (Å²) in [6.07, 6.45) is 4.08. The normalized spacial score (nSPS) is 26.3. The first-order valence-electron chi connectivity index (χ1n) is 6.79. The highest BCUT2D eigenvalue weighted by Gasteiger charge is 2.35. The molecule has 1 aliphatic carbocycles. The molecular formula is C15H18BrCl2NO. The minimum atomic E-state index is -0.278. The van der Waals surface area contributed by atoms with Gasteiger partial charge in [-0.25, -0.2) is 0 Å². The van der Waals surface area contributed by atoms with Crippen LogP contribution in [0.5, 0.6) is 0 Å². The van der Waals surface area contributed by atoms with Gasteiger partial charge in [0.25, 0.3) is 5.91 Å². The first-order valence-corrected chi connectivity index (χ1v) is 8.49. The van der Waals surface area contributed by atoms with Crippen molar-refractivity contribution in [1.82, 2.24) is 5.32 Å². The number of alkyl halides is 1. The summed E-state index contributed by atoms with van der Waals surface area (Å²) in [5.41, 5.74) is 0.285. The maximum absolute atomic E-state index is 12.4. The van der Waals surface area contributed by atoms with Gasteiger partial charge < -0.3 is 5.32 Å². The number of amides is 1. The standard InChI is InChI=1S/C15H18BrCl2NO/c1-10-2-4-15(9-17,5-3-10)19-14(20)11-6-12(16)8-13(18)7-11/h6-8,10H,2-5,9H2,1H3,(H,19,20). The van der Waals surface area contributed by atoms with Crippen LogP contribution in [0, 0.1) is 5.92 Å². The number of hydrogen-bond donors (Lipinski definition) is 1. The largest absolute Gasteiger partial charge is 0.345 e. The van der Waals surface area contributed by atoms with Crippen LogP contribution >= 0.6 is 39.1 Å². The first-order chi connectivity index (χ1) is 9.44. The number of halogens is 3. The van der Waals surface area contributed by atoms with Crippen LogP contribution in [-0.4, -0.2) is 17.3 Å². The summed E-state index contributed by atoms with van der Waals surface area (Å²) in [5, 5.41) is 3.67. The van der Waals surface area contributed by atoms with E-state index in [1.54, 1.807) is 18.2 Å². The predicted molar refractivity (Wildman–Crippen MR) is 87.7 cm³/mol.